The van der Waals surface area contributed by atoms with Crippen LogP contribution in [0.15, 0.2) is 84.9 Å². The van der Waals surface area contributed by atoms with Gasteiger partial charge in [0.2, 0.25) is 11.8 Å². The Kier molecular flexibility index (Phi) is 12.0. The molecule has 3 aromatic rings. The summed E-state index contributed by atoms with van der Waals surface area (Å²) in [5.41, 5.74) is 1.06. The van der Waals surface area contributed by atoms with Crippen LogP contribution in [0.5, 0.6) is 11.5 Å². The van der Waals surface area contributed by atoms with Crippen molar-refractivity contribution in [3.05, 3.63) is 112 Å². The summed E-state index contributed by atoms with van der Waals surface area (Å²) in [6, 6.07) is 17.3. The zero-order valence-corrected chi connectivity index (χ0v) is 26.0. The number of nitro benzene ring substituents is 1. The molecule has 13 heteroatoms. The minimum Gasteiger partial charge on any atom is -0.497 e. The van der Waals surface area contributed by atoms with Crippen LogP contribution in [0.3, 0.4) is 0 Å². The maximum absolute atomic E-state index is 13.7. The summed E-state index contributed by atoms with van der Waals surface area (Å²) in [6.07, 6.45) is 3.26. The summed E-state index contributed by atoms with van der Waals surface area (Å²) in [4.78, 5) is 66.0. The van der Waals surface area contributed by atoms with Crippen LogP contribution in [-0.4, -0.2) is 73.0 Å². The van der Waals surface area contributed by atoms with E-state index >= 15 is 0 Å². The van der Waals surface area contributed by atoms with Crippen LogP contribution in [0.25, 0.3) is 0 Å². The van der Waals surface area contributed by atoms with Crippen LogP contribution < -0.4 is 20.1 Å². The van der Waals surface area contributed by atoms with Gasteiger partial charge in [-0.25, -0.2) is 4.79 Å². The number of non-ortho nitro benzene ring substituents is 1. The van der Waals surface area contributed by atoms with E-state index < -0.39 is 34.8 Å². The molecule has 0 aromatic heterocycles. The predicted molar refractivity (Wildman–Crippen MR) is 171 cm³/mol. The number of nitrogens with one attached hydrogen (secondary N) is 2. The molecule has 3 aromatic carbocycles. The second-order valence-electron chi connectivity index (χ2n) is 10.7. The maximum Gasteiger partial charge on any atom is 0.328 e. The average molecular weight is 645 g/mol. The fraction of sp³-hybridized carbons (Fsp3) is 0.294. The number of carbonyl (C=O) groups excluding carboxylic acids is 4. The molecule has 4 rings (SSSR count). The second-order valence-corrected chi connectivity index (χ2v) is 10.7. The van der Waals surface area contributed by atoms with Gasteiger partial charge in [0.25, 0.3) is 11.6 Å². The van der Waals surface area contributed by atoms with E-state index in [4.69, 9.17) is 14.2 Å². The van der Waals surface area contributed by atoms with Gasteiger partial charge in [0.05, 0.1) is 24.7 Å². The highest BCUT2D eigenvalue weighted by Crippen LogP contribution is 2.25. The third-order valence-electron chi connectivity index (χ3n) is 7.48. The Morgan fingerprint density at radius 1 is 0.979 bits per heavy atom. The van der Waals surface area contributed by atoms with Crippen LogP contribution in [0, 0.1) is 10.1 Å². The molecule has 3 amide bonds. The van der Waals surface area contributed by atoms with Crippen molar-refractivity contribution in [3.63, 3.8) is 0 Å². The molecule has 13 nitrogen and oxygen atoms in total. The van der Waals surface area contributed by atoms with E-state index in [2.05, 4.69) is 10.6 Å². The van der Waals surface area contributed by atoms with Gasteiger partial charge in [-0.05, 0) is 41.8 Å². The predicted octanol–water partition coefficient (Wildman–Crippen LogP) is 3.36. The number of nitro groups is 1. The minimum absolute atomic E-state index is 0.0129. The number of amides is 3. The molecule has 0 bridgehead atoms. The quantitative estimate of drug-likeness (QED) is 0.170. The average Bonchev–Trinajstić information content (AvgIpc) is 3.08. The summed E-state index contributed by atoms with van der Waals surface area (Å²) >= 11 is 0. The molecule has 0 saturated carbocycles. The first kappa shape index (κ1) is 34.2. The van der Waals surface area contributed by atoms with E-state index in [1.54, 1.807) is 66.6 Å². The SMILES string of the molecule is COC(=O)[C@@H]1CCC(=O)N(Cc2ccc(OC)cc2)CC=CCOc2ccc([N+](=O)[O-])cc2C(=O)N[C@H](Cc2ccccc2)C(=O)N1. The van der Waals surface area contributed by atoms with Gasteiger partial charge in [-0.3, -0.25) is 24.5 Å². The number of hydrogen-bond donors (Lipinski definition) is 2. The van der Waals surface area contributed by atoms with Crippen molar-refractivity contribution in [2.45, 2.75) is 37.9 Å². The summed E-state index contributed by atoms with van der Waals surface area (Å²) in [7, 11) is 2.73. The lowest BCUT2D eigenvalue weighted by molar-refractivity contribution is -0.384. The summed E-state index contributed by atoms with van der Waals surface area (Å²) < 4.78 is 16.0. The molecule has 2 atom stereocenters. The van der Waals surface area contributed by atoms with Crippen molar-refractivity contribution in [2.75, 3.05) is 27.4 Å². The molecule has 246 valence electrons. The Hall–Kier alpha value is -5.72. The van der Waals surface area contributed by atoms with E-state index in [9.17, 15) is 29.3 Å². The lowest BCUT2D eigenvalue weighted by Crippen LogP contribution is -2.53. The number of hydrogen-bond acceptors (Lipinski definition) is 9. The third-order valence-corrected chi connectivity index (χ3v) is 7.48. The molecule has 0 saturated heterocycles. The first-order chi connectivity index (χ1) is 22.7. The van der Waals surface area contributed by atoms with Crippen molar-refractivity contribution in [2.24, 2.45) is 0 Å². The molecular weight excluding hydrogens is 608 g/mol. The molecule has 0 spiro atoms. The number of esters is 1. The van der Waals surface area contributed by atoms with Crippen molar-refractivity contribution in [1.29, 1.82) is 0 Å². The first-order valence-electron chi connectivity index (χ1n) is 14.9. The Labute approximate surface area is 271 Å². The monoisotopic (exact) mass is 644 g/mol. The zero-order valence-electron chi connectivity index (χ0n) is 26.0. The molecule has 0 unspecified atom stereocenters. The molecular formula is C34H36N4O9. The molecule has 0 radical (unpaired) electrons. The third kappa shape index (κ3) is 9.63. The number of ether oxygens (including phenoxy) is 3. The summed E-state index contributed by atoms with van der Waals surface area (Å²) in [5.74, 6) is -1.81. The van der Waals surface area contributed by atoms with Crippen LogP contribution in [0.2, 0.25) is 0 Å². The molecule has 1 aliphatic heterocycles. The second kappa shape index (κ2) is 16.5. The van der Waals surface area contributed by atoms with Gasteiger partial charge < -0.3 is 29.7 Å². The largest absolute Gasteiger partial charge is 0.497 e. The fourth-order valence-corrected chi connectivity index (χ4v) is 4.93. The highest BCUT2D eigenvalue weighted by Gasteiger charge is 2.30. The Balaban J connectivity index is 1.69. The molecule has 0 fully saturated rings. The van der Waals surface area contributed by atoms with Crippen LogP contribution >= 0.6 is 0 Å². The van der Waals surface area contributed by atoms with Gasteiger partial charge in [-0.1, -0.05) is 48.5 Å². The minimum atomic E-state index is -1.21. The highest BCUT2D eigenvalue weighted by atomic mass is 16.6. The van der Waals surface area contributed by atoms with Crippen molar-refractivity contribution >= 4 is 29.4 Å². The van der Waals surface area contributed by atoms with Crippen molar-refractivity contribution in [1.82, 2.24) is 15.5 Å². The number of fused-ring (bicyclic) bond motifs is 1. The molecule has 2 N–H and O–H groups in total. The van der Waals surface area contributed by atoms with Crippen molar-refractivity contribution in [3.8, 4) is 11.5 Å². The molecule has 0 aliphatic carbocycles. The lowest BCUT2D eigenvalue weighted by atomic mass is 10.0. The van der Waals surface area contributed by atoms with E-state index in [-0.39, 0.29) is 61.9 Å². The Bertz CT molecular complexity index is 1610. The molecule has 1 aliphatic rings. The summed E-state index contributed by atoms with van der Waals surface area (Å²) in [6.45, 7) is 0.435. The van der Waals surface area contributed by atoms with Gasteiger partial charge >= 0.3 is 5.97 Å². The van der Waals surface area contributed by atoms with E-state index in [1.165, 1.54) is 19.2 Å². The van der Waals surface area contributed by atoms with Gasteiger partial charge in [0.15, 0.2) is 0 Å². The molecule has 47 heavy (non-hydrogen) atoms. The van der Waals surface area contributed by atoms with Gasteiger partial charge in [-0.2, -0.15) is 0 Å². The van der Waals surface area contributed by atoms with E-state index in [0.717, 1.165) is 11.6 Å². The zero-order chi connectivity index (χ0) is 33.8. The number of benzene rings is 3. The Morgan fingerprint density at radius 2 is 1.72 bits per heavy atom. The van der Waals surface area contributed by atoms with E-state index in [1.807, 2.05) is 12.1 Å². The fourth-order valence-electron chi connectivity index (χ4n) is 4.93. The topological polar surface area (TPSA) is 166 Å². The maximum atomic E-state index is 13.7. The van der Waals surface area contributed by atoms with Crippen molar-refractivity contribution < 1.29 is 38.3 Å². The van der Waals surface area contributed by atoms with Crippen LogP contribution in [-0.2, 0) is 32.1 Å². The van der Waals surface area contributed by atoms with E-state index in [0.29, 0.717) is 11.3 Å². The Morgan fingerprint density at radius 3 is 2.40 bits per heavy atom. The normalized spacial score (nSPS) is 17.7. The number of methoxy groups -OCH3 is 2. The first-order valence-corrected chi connectivity index (χ1v) is 14.9. The standard InChI is InChI=1S/C34H36N4O9/c1-45-26-13-10-24(11-14-26)22-37-18-6-7-19-47-30-16-12-25(38(43)44)21-27(30)32(40)36-29(20-23-8-4-3-5-9-23)33(41)35-28(34(42)46-2)15-17-31(37)39/h3-14,16,21,28-29H,15,17-20,22H2,1-2H3,(H,35,41)(H,36,40)/t28-,29+/m0/s1. The number of nitrogens with zero attached hydrogens (tertiary/aromatic N) is 2. The van der Waals surface area contributed by atoms with Gasteiger partial charge in [-0.15, -0.1) is 0 Å². The number of rotatable bonds is 7. The summed E-state index contributed by atoms with van der Waals surface area (Å²) in [5, 5.41) is 16.8. The molecule has 1 heterocycles. The van der Waals surface area contributed by atoms with Crippen LogP contribution in [0.1, 0.15) is 34.3 Å². The lowest BCUT2D eigenvalue weighted by Gasteiger charge is -2.24. The highest BCUT2D eigenvalue weighted by molar-refractivity contribution is 6.00. The number of carbonyl (C=O) groups is 4. The van der Waals surface area contributed by atoms with Crippen LogP contribution in [0.4, 0.5) is 5.69 Å². The smallest absolute Gasteiger partial charge is 0.328 e. The van der Waals surface area contributed by atoms with Gasteiger partial charge in [0, 0.05) is 38.1 Å². The van der Waals surface area contributed by atoms with Gasteiger partial charge in [0.1, 0.15) is 30.2 Å².